The van der Waals surface area contributed by atoms with Gasteiger partial charge in [-0.25, -0.2) is 4.79 Å². The van der Waals surface area contributed by atoms with Crippen molar-refractivity contribution in [2.45, 2.75) is 6.42 Å². The average molecular weight is 327 g/mol. The fourth-order valence-corrected chi connectivity index (χ4v) is 2.51. The molecule has 7 nitrogen and oxygen atoms in total. The summed E-state index contributed by atoms with van der Waals surface area (Å²) in [5.74, 6) is 1.06. The van der Waals surface area contributed by atoms with Crippen molar-refractivity contribution in [2.24, 2.45) is 0 Å². The molecule has 2 aromatic rings. The van der Waals surface area contributed by atoms with E-state index in [1.807, 2.05) is 0 Å². The number of amides is 3. The van der Waals surface area contributed by atoms with E-state index < -0.39 is 0 Å². The number of hydrogen-bond acceptors (Lipinski definition) is 4. The second-order valence-corrected chi connectivity index (χ2v) is 5.25. The predicted molar refractivity (Wildman–Crippen MR) is 91.0 cm³/mol. The van der Waals surface area contributed by atoms with Crippen molar-refractivity contribution in [2.75, 3.05) is 30.2 Å². The SMILES string of the molecule is COc1ccc(NC(=O)Nc2ccc3c(c2)CC(=O)N3)cc1OC. The second kappa shape index (κ2) is 6.49. The van der Waals surface area contributed by atoms with Crippen molar-refractivity contribution >= 4 is 29.0 Å². The van der Waals surface area contributed by atoms with Crippen LogP contribution in [0.5, 0.6) is 11.5 Å². The zero-order valence-electron chi connectivity index (χ0n) is 13.3. The topological polar surface area (TPSA) is 88.7 Å². The van der Waals surface area contributed by atoms with E-state index in [4.69, 9.17) is 9.47 Å². The highest BCUT2D eigenvalue weighted by Crippen LogP contribution is 2.30. The van der Waals surface area contributed by atoms with E-state index in [9.17, 15) is 9.59 Å². The number of nitrogens with one attached hydrogen (secondary N) is 3. The highest BCUT2D eigenvalue weighted by molar-refractivity contribution is 6.02. The van der Waals surface area contributed by atoms with Crippen LogP contribution in [-0.2, 0) is 11.2 Å². The Morgan fingerprint density at radius 3 is 2.38 bits per heavy atom. The molecule has 3 amide bonds. The third-order valence-electron chi connectivity index (χ3n) is 3.63. The molecule has 7 heteroatoms. The minimum absolute atomic E-state index is 0.0445. The van der Waals surface area contributed by atoms with Crippen molar-refractivity contribution in [1.29, 1.82) is 0 Å². The van der Waals surface area contributed by atoms with Gasteiger partial charge in [-0.1, -0.05) is 0 Å². The Morgan fingerprint density at radius 2 is 1.67 bits per heavy atom. The van der Waals surface area contributed by atoms with Gasteiger partial charge < -0.3 is 25.4 Å². The third kappa shape index (κ3) is 3.24. The Morgan fingerprint density at radius 1 is 1.00 bits per heavy atom. The smallest absolute Gasteiger partial charge is 0.323 e. The molecule has 1 heterocycles. The van der Waals surface area contributed by atoms with Crippen LogP contribution in [0.1, 0.15) is 5.56 Å². The van der Waals surface area contributed by atoms with Gasteiger partial charge >= 0.3 is 6.03 Å². The zero-order valence-corrected chi connectivity index (χ0v) is 13.3. The van der Waals surface area contributed by atoms with Crippen molar-refractivity contribution < 1.29 is 19.1 Å². The number of carbonyl (C=O) groups is 2. The molecule has 0 saturated heterocycles. The summed E-state index contributed by atoms with van der Waals surface area (Å²) in [5.41, 5.74) is 2.83. The summed E-state index contributed by atoms with van der Waals surface area (Å²) < 4.78 is 10.4. The lowest BCUT2D eigenvalue weighted by Gasteiger charge is -2.11. The predicted octanol–water partition coefficient (Wildman–Crippen LogP) is 2.84. The first-order chi connectivity index (χ1) is 11.6. The average Bonchev–Trinajstić information content (AvgIpc) is 2.93. The summed E-state index contributed by atoms with van der Waals surface area (Å²) in [5, 5.41) is 8.21. The minimum atomic E-state index is -0.389. The molecule has 3 N–H and O–H groups in total. The molecule has 0 fully saturated rings. The van der Waals surface area contributed by atoms with Gasteiger partial charge in [-0.3, -0.25) is 4.79 Å². The molecular weight excluding hydrogens is 310 g/mol. The maximum atomic E-state index is 12.1. The minimum Gasteiger partial charge on any atom is -0.493 e. The van der Waals surface area contributed by atoms with E-state index in [0.29, 0.717) is 29.3 Å². The number of fused-ring (bicyclic) bond motifs is 1. The van der Waals surface area contributed by atoms with Crippen molar-refractivity contribution in [3.63, 3.8) is 0 Å². The van der Waals surface area contributed by atoms with E-state index in [1.165, 1.54) is 7.11 Å². The first-order valence-electron chi connectivity index (χ1n) is 7.32. The molecule has 0 spiro atoms. The Balaban J connectivity index is 1.68. The molecule has 0 aliphatic carbocycles. The van der Waals surface area contributed by atoms with E-state index in [-0.39, 0.29) is 11.9 Å². The first-order valence-corrected chi connectivity index (χ1v) is 7.32. The molecule has 0 unspecified atom stereocenters. The first kappa shape index (κ1) is 15.7. The lowest BCUT2D eigenvalue weighted by atomic mass is 10.1. The molecule has 3 rings (SSSR count). The van der Waals surface area contributed by atoms with E-state index in [1.54, 1.807) is 43.5 Å². The normalized spacial score (nSPS) is 12.2. The molecule has 0 radical (unpaired) electrons. The summed E-state index contributed by atoms with van der Waals surface area (Å²) >= 11 is 0. The number of benzene rings is 2. The summed E-state index contributed by atoms with van der Waals surface area (Å²) in [7, 11) is 3.08. The zero-order chi connectivity index (χ0) is 17.1. The number of anilines is 3. The van der Waals surface area contributed by atoms with Gasteiger partial charge in [-0.15, -0.1) is 0 Å². The molecule has 0 saturated carbocycles. The molecule has 124 valence electrons. The molecule has 0 aromatic heterocycles. The highest BCUT2D eigenvalue weighted by atomic mass is 16.5. The number of urea groups is 1. The maximum Gasteiger partial charge on any atom is 0.323 e. The molecule has 1 aliphatic rings. The lowest BCUT2D eigenvalue weighted by molar-refractivity contribution is -0.115. The van der Waals surface area contributed by atoms with Crippen LogP contribution in [0.4, 0.5) is 21.9 Å². The van der Waals surface area contributed by atoms with Crippen molar-refractivity contribution in [3.8, 4) is 11.5 Å². The van der Waals surface area contributed by atoms with Crippen molar-refractivity contribution in [3.05, 3.63) is 42.0 Å². The third-order valence-corrected chi connectivity index (χ3v) is 3.63. The fraction of sp³-hybridized carbons (Fsp3) is 0.176. The van der Waals surface area contributed by atoms with Gasteiger partial charge in [0.2, 0.25) is 5.91 Å². The number of carbonyl (C=O) groups excluding carboxylic acids is 2. The van der Waals surface area contributed by atoms with E-state index in [2.05, 4.69) is 16.0 Å². The van der Waals surface area contributed by atoms with Crippen LogP contribution >= 0.6 is 0 Å². The van der Waals surface area contributed by atoms with Crippen molar-refractivity contribution in [1.82, 2.24) is 0 Å². The molecule has 2 aromatic carbocycles. The fourth-order valence-electron chi connectivity index (χ4n) is 2.51. The Hall–Kier alpha value is -3.22. The largest absolute Gasteiger partial charge is 0.493 e. The van der Waals surface area contributed by atoms with Gasteiger partial charge in [-0.2, -0.15) is 0 Å². The van der Waals surface area contributed by atoms with Gasteiger partial charge in [-0.05, 0) is 35.9 Å². The summed E-state index contributed by atoms with van der Waals surface area (Å²) in [4.78, 5) is 23.5. The molecule has 0 atom stereocenters. The molecule has 0 bridgehead atoms. The summed E-state index contributed by atoms with van der Waals surface area (Å²) in [6, 6.07) is 9.99. The Labute approximate surface area is 139 Å². The lowest BCUT2D eigenvalue weighted by Crippen LogP contribution is -2.19. The van der Waals surface area contributed by atoms with Gasteiger partial charge in [0.15, 0.2) is 11.5 Å². The Bertz CT molecular complexity index is 804. The Kier molecular flexibility index (Phi) is 4.24. The van der Waals surface area contributed by atoms with Gasteiger partial charge in [0, 0.05) is 23.1 Å². The van der Waals surface area contributed by atoms with Crippen LogP contribution in [0.2, 0.25) is 0 Å². The van der Waals surface area contributed by atoms with Crippen LogP contribution < -0.4 is 25.4 Å². The van der Waals surface area contributed by atoms with Gasteiger partial charge in [0.05, 0.1) is 20.6 Å². The standard InChI is InChI=1S/C17H17N3O4/c1-23-14-6-4-12(9-15(14)24-2)19-17(22)18-11-3-5-13-10(7-11)8-16(21)20-13/h3-7,9H,8H2,1-2H3,(H,20,21)(H2,18,19,22). The maximum absolute atomic E-state index is 12.1. The summed E-state index contributed by atoms with van der Waals surface area (Å²) in [6.45, 7) is 0. The number of methoxy groups -OCH3 is 2. The molecular formula is C17H17N3O4. The van der Waals surface area contributed by atoms with Crippen LogP contribution in [0.15, 0.2) is 36.4 Å². The van der Waals surface area contributed by atoms with Crippen LogP contribution in [-0.4, -0.2) is 26.2 Å². The summed E-state index contributed by atoms with van der Waals surface area (Å²) in [6.07, 6.45) is 0.322. The second-order valence-electron chi connectivity index (χ2n) is 5.25. The molecule has 24 heavy (non-hydrogen) atoms. The number of rotatable bonds is 4. The quantitative estimate of drug-likeness (QED) is 0.805. The highest BCUT2D eigenvalue weighted by Gasteiger charge is 2.18. The number of hydrogen-bond donors (Lipinski definition) is 3. The van der Waals surface area contributed by atoms with E-state index >= 15 is 0 Å². The van der Waals surface area contributed by atoms with E-state index in [0.717, 1.165) is 11.3 Å². The van der Waals surface area contributed by atoms with Crippen LogP contribution in [0.25, 0.3) is 0 Å². The van der Waals surface area contributed by atoms with Gasteiger partial charge in [0.1, 0.15) is 0 Å². The van der Waals surface area contributed by atoms with Crippen LogP contribution in [0.3, 0.4) is 0 Å². The monoisotopic (exact) mass is 327 g/mol. The molecule has 1 aliphatic heterocycles. The van der Waals surface area contributed by atoms with Crippen LogP contribution in [0, 0.1) is 0 Å². The number of ether oxygens (including phenoxy) is 2. The van der Waals surface area contributed by atoms with Gasteiger partial charge in [0.25, 0.3) is 0 Å².